The molecule has 0 fully saturated rings. The second kappa shape index (κ2) is 6.99. The van der Waals surface area contributed by atoms with Gasteiger partial charge in [-0.25, -0.2) is 8.42 Å². The van der Waals surface area contributed by atoms with Crippen LogP contribution in [-0.2, 0) is 16.4 Å². The third-order valence-electron chi connectivity index (χ3n) is 3.34. The first-order chi connectivity index (χ1) is 10.5. The van der Waals surface area contributed by atoms with Crippen LogP contribution in [0.3, 0.4) is 0 Å². The molecule has 0 spiro atoms. The number of benzene rings is 2. The van der Waals surface area contributed by atoms with Crippen molar-refractivity contribution in [2.24, 2.45) is 0 Å². The van der Waals surface area contributed by atoms with Gasteiger partial charge < -0.3 is 0 Å². The van der Waals surface area contributed by atoms with E-state index in [9.17, 15) is 8.42 Å². The minimum atomic E-state index is -3.66. The molecule has 3 nitrogen and oxygen atoms in total. The number of aryl methyl sites for hydroxylation is 1. The Morgan fingerprint density at radius 3 is 2.36 bits per heavy atom. The zero-order valence-corrected chi connectivity index (χ0v) is 13.9. The highest BCUT2D eigenvalue weighted by molar-refractivity contribution is 7.92. The molecule has 0 aromatic heterocycles. The van der Waals surface area contributed by atoms with Gasteiger partial charge in [-0.3, -0.25) is 4.31 Å². The highest BCUT2D eigenvalue weighted by Crippen LogP contribution is 2.28. The molecule has 0 amide bonds. The number of para-hydroxylation sites is 1. The molecular weight excluding hydrogens is 318 g/mol. The first-order valence-electron chi connectivity index (χ1n) is 6.97. The van der Waals surface area contributed by atoms with E-state index in [0.29, 0.717) is 10.7 Å². The minimum absolute atomic E-state index is 0.210. The first-order valence-corrected chi connectivity index (χ1v) is 8.79. The van der Waals surface area contributed by atoms with E-state index < -0.39 is 10.0 Å². The Labute approximate surface area is 136 Å². The zero-order valence-electron chi connectivity index (χ0n) is 12.4. The van der Waals surface area contributed by atoms with Crippen LogP contribution in [0.25, 0.3) is 0 Å². The third kappa shape index (κ3) is 3.34. The summed E-state index contributed by atoms with van der Waals surface area (Å²) >= 11 is 5.84. The van der Waals surface area contributed by atoms with Crippen molar-refractivity contribution >= 4 is 27.3 Å². The molecular formula is C17H18ClNO2S. The smallest absolute Gasteiger partial charge is 0.262 e. The summed E-state index contributed by atoms with van der Waals surface area (Å²) < 4.78 is 27.3. The Morgan fingerprint density at radius 1 is 1.14 bits per heavy atom. The Bertz CT molecular complexity index is 754. The molecule has 0 radical (unpaired) electrons. The van der Waals surface area contributed by atoms with Gasteiger partial charge in [-0.2, -0.15) is 0 Å². The lowest BCUT2D eigenvalue weighted by molar-refractivity contribution is 0.592. The second-order valence-electron chi connectivity index (χ2n) is 4.76. The topological polar surface area (TPSA) is 37.4 Å². The average Bonchev–Trinajstić information content (AvgIpc) is 2.53. The van der Waals surface area contributed by atoms with Crippen molar-refractivity contribution in [3.63, 3.8) is 0 Å². The van der Waals surface area contributed by atoms with Crippen molar-refractivity contribution in [3.05, 3.63) is 71.8 Å². The van der Waals surface area contributed by atoms with E-state index >= 15 is 0 Å². The van der Waals surface area contributed by atoms with E-state index in [1.807, 2.05) is 31.2 Å². The van der Waals surface area contributed by atoms with E-state index in [-0.39, 0.29) is 11.4 Å². The lowest BCUT2D eigenvalue weighted by Gasteiger charge is -2.25. The molecule has 116 valence electrons. The number of sulfonamides is 1. The molecule has 0 aliphatic heterocycles. The van der Waals surface area contributed by atoms with Gasteiger partial charge in [0.15, 0.2) is 0 Å². The van der Waals surface area contributed by atoms with Crippen LogP contribution in [0.15, 0.2) is 66.1 Å². The van der Waals surface area contributed by atoms with Gasteiger partial charge in [-0.1, -0.05) is 42.8 Å². The van der Waals surface area contributed by atoms with Gasteiger partial charge in [-0.05, 0) is 42.3 Å². The maximum atomic E-state index is 12.9. The number of anilines is 1. The molecule has 2 rings (SSSR count). The van der Waals surface area contributed by atoms with Gasteiger partial charge >= 0.3 is 0 Å². The van der Waals surface area contributed by atoms with Gasteiger partial charge in [0, 0.05) is 5.02 Å². The molecule has 22 heavy (non-hydrogen) atoms. The molecule has 2 aromatic rings. The fourth-order valence-electron chi connectivity index (χ4n) is 2.23. The maximum Gasteiger partial charge on any atom is 0.264 e. The fraction of sp³-hybridized carbons (Fsp3) is 0.176. The second-order valence-corrected chi connectivity index (χ2v) is 7.06. The number of halogens is 1. The number of rotatable bonds is 6. The Morgan fingerprint density at radius 2 is 1.77 bits per heavy atom. The van der Waals surface area contributed by atoms with E-state index in [4.69, 9.17) is 11.6 Å². The summed E-state index contributed by atoms with van der Waals surface area (Å²) in [7, 11) is -3.66. The normalized spacial score (nSPS) is 11.2. The summed E-state index contributed by atoms with van der Waals surface area (Å²) in [6, 6.07) is 13.7. The standard InChI is InChI=1S/C17H18ClNO2S/c1-3-13-19(17-8-6-5-7-14(17)4-2)22(20,21)16-11-9-15(18)10-12-16/h3,5-12H,1,4,13H2,2H3. The molecule has 0 aliphatic carbocycles. The Balaban J connectivity index is 2.55. The molecule has 0 unspecified atom stereocenters. The monoisotopic (exact) mass is 335 g/mol. The average molecular weight is 336 g/mol. The Kier molecular flexibility index (Phi) is 5.27. The van der Waals surface area contributed by atoms with Gasteiger partial charge in [0.05, 0.1) is 17.1 Å². The third-order valence-corrected chi connectivity index (χ3v) is 5.38. The van der Waals surface area contributed by atoms with Gasteiger partial charge in [0.2, 0.25) is 0 Å². The van der Waals surface area contributed by atoms with Gasteiger partial charge in [0.1, 0.15) is 0 Å². The SMILES string of the molecule is C=CCN(c1ccccc1CC)S(=O)(=O)c1ccc(Cl)cc1. The summed E-state index contributed by atoms with van der Waals surface area (Å²) in [5.74, 6) is 0. The van der Waals surface area contributed by atoms with E-state index in [2.05, 4.69) is 6.58 Å². The number of hydrogen-bond donors (Lipinski definition) is 0. The van der Waals surface area contributed by atoms with Crippen LogP contribution >= 0.6 is 11.6 Å². The summed E-state index contributed by atoms with van der Waals surface area (Å²) in [5.41, 5.74) is 1.65. The molecule has 0 saturated carbocycles. The molecule has 0 N–H and O–H groups in total. The van der Waals surface area contributed by atoms with E-state index in [0.717, 1.165) is 12.0 Å². The van der Waals surface area contributed by atoms with Crippen molar-refractivity contribution < 1.29 is 8.42 Å². The summed E-state index contributed by atoms with van der Waals surface area (Å²) in [6.07, 6.45) is 2.33. The zero-order chi connectivity index (χ0) is 16.2. The molecule has 0 aliphatic rings. The van der Waals surface area contributed by atoms with Crippen molar-refractivity contribution in [1.29, 1.82) is 0 Å². The predicted molar refractivity (Wildman–Crippen MR) is 92.0 cm³/mol. The quantitative estimate of drug-likeness (QED) is 0.739. The largest absolute Gasteiger partial charge is 0.264 e. The molecule has 0 bridgehead atoms. The van der Waals surface area contributed by atoms with Crippen LogP contribution in [0.2, 0.25) is 5.02 Å². The molecule has 0 saturated heterocycles. The van der Waals surface area contributed by atoms with E-state index in [1.165, 1.54) is 16.4 Å². The van der Waals surface area contributed by atoms with Crippen LogP contribution in [0.4, 0.5) is 5.69 Å². The highest BCUT2D eigenvalue weighted by atomic mass is 35.5. The van der Waals surface area contributed by atoms with Gasteiger partial charge in [-0.15, -0.1) is 6.58 Å². The number of nitrogens with zero attached hydrogens (tertiary/aromatic N) is 1. The summed E-state index contributed by atoms with van der Waals surface area (Å²) in [5, 5.41) is 0.503. The van der Waals surface area contributed by atoms with Crippen LogP contribution < -0.4 is 4.31 Å². The van der Waals surface area contributed by atoms with Crippen LogP contribution in [0.1, 0.15) is 12.5 Å². The molecule has 0 atom stereocenters. The van der Waals surface area contributed by atoms with Crippen molar-refractivity contribution in [2.45, 2.75) is 18.2 Å². The summed E-state index contributed by atoms with van der Waals surface area (Å²) in [4.78, 5) is 0.213. The fourth-order valence-corrected chi connectivity index (χ4v) is 3.83. The molecule has 2 aromatic carbocycles. The maximum absolute atomic E-state index is 12.9. The van der Waals surface area contributed by atoms with Gasteiger partial charge in [0.25, 0.3) is 10.0 Å². The molecule has 0 heterocycles. The Hall–Kier alpha value is -1.78. The van der Waals surface area contributed by atoms with Crippen LogP contribution in [-0.4, -0.2) is 15.0 Å². The van der Waals surface area contributed by atoms with E-state index in [1.54, 1.807) is 18.2 Å². The van der Waals surface area contributed by atoms with Crippen molar-refractivity contribution in [2.75, 3.05) is 10.8 Å². The lowest BCUT2D eigenvalue weighted by atomic mass is 10.1. The number of hydrogen-bond acceptors (Lipinski definition) is 2. The first kappa shape index (κ1) is 16.6. The lowest BCUT2D eigenvalue weighted by Crippen LogP contribution is -2.32. The minimum Gasteiger partial charge on any atom is -0.262 e. The van der Waals surface area contributed by atoms with Crippen molar-refractivity contribution in [3.8, 4) is 0 Å². The summed E-state index contributed by atoms with van der Waals surface area (Å²) in [6.45, 7) is 5.89. The van der Waals surface area contributed by atoms with Crippen molar-refractivity contribution in [1.82, 2.24) is 0 Å². The van der Waals surface area contributed by atoms with Crippen LogP contribution in [0.5, 0.6) is 0 Å². The molecule has 5 heteroatoms. The van der Waals surface area contributed by atoms with Crippen LogP contribution in [0, 0.1) is 0 Å². The highest BCUT2D eigenvalue weighted by Gasteiger charge is 2.25. The predicted octanol–water partition coefficient (Wildman–Crippen LogP) is 4.28.